The van der Waals surface area contributed by atoms with Crippen LogP contribution < -0.4 is 4.90 Å². The molecule has 0 aliphatic rings. The van der Waals surface area contributed by atoms with Crippen molar-refractivity contribution >= 4 is 38.9 Å². The first-order chi connectivity index (χ1) is 28.6. The lowest BCUT2D eigenvalue weighted by atomic mass is 9.94. The summed E-state index contributed by atoms with van der Waals surface area (Å²) in [4.78, 5) is 2.46. The molecule has 0 N–H and O–H groups in total. The highest BCUT2D eigenvalue weighted by molar-refractivity contribution is 6.17. The van der Waals surface area contributed by atoms with Gasteiger partial charge in [0.2, 0.25) is 0 Å². The zero-order chi connectivity index (χ0) is 39.0. The van der Waals surface area contributed by atoms with Crippen LogP contribution in [0.15, 0.2) is 218 Å². The molecule has 0 atom stereocenters. The fraction of sp³-hybridized carbons (Fsp3) is 0.0357. The summed E-state index contributed by atoms with van der Waals surface area (Å²) in [5.74, 6) is 0. The lowest BCUT2D eigenvalue weighted by molar-refractivity contribution is 1.18. The summed E-state index contributed by atoms with van der Waals surface area (Å²) in [6, 6.07) is 79.5. The maximum Gasteiger partial charge on any atom is 0.0618 e. The van der Waals surface area contributed by atoms with Crippen molar-refractivity contribution in [2.75, 3.05) is 4.90 Å². The van der Waals surface area contributed by atoms with Gasteiger partial charge in [-0.25, -0.2) is 0 Å². The lowest BCUT2D eigenvalue weighted by Crippen LogP contribution is -2.11. The summed E-state index contributed by atoms with van der Waals surface area (Å²) in [5.41, 5.74) is 18.8. The van der Waals surface area contributed by atoms with E-state index in [9.17, 15) is 0 Å². The smallest absolute Gasteiger partial charge is 0.0618 e. The molecular weight excluding hydrogens is 701 g/mol. The zero-order valence-corrected chi connectivity index (χ0v) is 32.7. The first-order valence-corrected chi connectivity index (χ1v) is 20.0. The van der Waals surface area contributed by atoms with E-state index < -0.39 is 0 Å². The number of fused-ring (bicyclic) bond motifs is 3. The molecule has 0 radical (unpaired) electrons. The van der Waals surface area contributed by atoms with Crippen LogP contribution in [0, 0.1) is 13.8 Å². The molecule has 0 spiro atoms. The second-order valence-electron chi connectivity index (χ2n) is 15.1. The minimum absolute atomic E-state index is 1.09. The quantitative estimate of drug-likeness (QED) is 0.150. The predicted molar refractivity (Wildman–Crippen MR) is 247 cm³/mol. The first-order valence-electron chi connectivity index (χ1n) is 20.0. The van der Waals surface area contributed by atoms with E-state index in [0.29, 0.717) is 0 Å². The molecule has 1 aromatic heterocycles. The average Bonchev–Trinajstić information content (AvgIpc) is 3.62. The van der Waals surface area contributed by atoms with Crippen molar-refractivity contribution in [2.24, 2.45) is 0 Å². The van der Waals surface area contributed by atoms with Crippen molar-refractivity contribution in [3.05, 3.63) is 230 Å². The standard InChI is InChI=1S/C56H42N2/c1-39-17-13-23-44(37-39)48-27-15-28-49(45-24-14-18-40(2)38-45)56(48)58-52-30-12-10-26-50(52)55-53(31-16-32-54(55)58)57(46-35-33-42(34-36-46)41-19-5-3-6-20-41)51-29-11-9-25-47(51)43-21-7-4-8-22-43/h3-38H,1-2H3. The molecule has 9 aromatic carbocycles. The molecule has 0 unspecified atom stereocenters. The number of hydrogen-bond acceptors (Lipinski definition) is 1. The van der Waals surface area contributed by atoms with Gasteiger partial charge in [0.1, 0.15) is 0 Å². The number of para-hydroxylation sites is 3. The van der Waals surface area contributed by atoms with Gasteiger partial charge in [0.25, 0.3) is 0 Å². The molecule has 2 heteroatoms. The van der Waals surface area contributed by atoms with Crippen LogP contribution in [0.2, 0.25) is 0 Å². The molecular formula is C56H42N2. The molecule has 0 aliphatic heterocycles. The Labute approximate surface area is 340 Å². The highest BCUT2D eigenvalue weighted by Gasteiger charge is 2.25. The Morgan fingerprint density at radius 2 is 0.828 bits per heavy atom. The van der Waals surface area contributed by atoms with Gasteiger partial charge < -0.3 is 9.47 Å². The van der Waals surface area contributed by atoms with Gasteiger partial charge in [-0.1, -0.05) is 193 Å². The third-order valence-corrected chi connectivity index (χ3v) is 11.3. The summed E-state index contributed by atoms with van der Waals surface area (Å²) in [6.45, 7) is 4.35. The molecule has 2 nitrogen and oxygen atoms in total. The molecule has 0 aliphatic carbocycles. The van der Waals surface area contributed by atoms with E-state index in [4.69, 9.17) is 0 Å². The third-order valence-electron chi connectivity index (χ3n) is 11.3. The molecule has 58 heavy (non-hydrogen) atoms. The normalized spacial score (nSPS) is 11.3. The highest BCUT2D eigenvalue weighted by atomic mass is 15.2. The Kier molecular flexibility index (Phi) is 9.01. The van der Waals surface area contributed by atoms with E-state index in [0.717, 1.165) is 28.1 Å². The number of anilines is 3. The van der Waals surface area contributed by atoms with Crippen molar-refractivity contribution in [1.29, 1.82) is 0 Å². The third kappa shape index (κ3) is 6.26. The van der Waals surface area contributed by atoms with Crippen molar-refractivity contribution in [1.82, 2.24) is 4.57 Å². The van der Waals surface area contributed by atoms with Crippen LogP contribution in [-0.4, -0.2) is 4.57 Å². The maximum absolute atomic E-state index is 2.52. The number of aryl methyl sites for hydroxylation is 2. The van der Waals surface area contributed by atoms with Crippen LogP contribution in [0.4, 0.5) is 17.1 Å². The van der Waals surface area contributed by atoms with Gasteiger partial charge in [-0.15, -0.1) is 0 Å². The van der Waals surface area contributed by atoms with Crippen molar-refractivity contribution in [3.8, 4) is 50.2 Å². The van der Waals surface area contributed by atoms with E-state index in [1.165, 1.54) is 72.1 Å². The molecule has 0 bridgehead atoms. The Hall–Kier alpha value is -7.42. The van der Waals surface area contributed by atoms with Gasteiger partial charge in [-0.2, -0.15) is 0 Å². The second-order valence-corrected chi connectivity index (χ2v) is 15.1. The summed E-state index contributed by atoms with van der Waals surface area (Å²) in [6.07, 6.45) is 0. The zero-order valence-electron chi connectivity index (χ0n) is 32.7. The van der Waals surface area contributed by atoms with E-state index in [-0.39, 0.29) is 0 Å². The van der Waals surface area contributed by atoms with Gasteiger partial charge >= 0.3 is 0 Å². The largest absolute Gasteiger partial charge is 0.309 e. The molecule has 0 amide bonds. The summed E-state index contributed by atoms with van der Waals surface area (Å²) >= 11 is 0. The molecule has 10 rings (SSSR count). The summed E-state index contributed by atoms with van der Waals surface area (Å²) in [5, 5.41) is 2.40. The highest BCUT2D eigenvalue weighted by Crippen LogP contribution is 2.48. The van der Waals surface area contributed by atoms with Crippen LogP contribution in [-0.2, 0) is 0 Å². The Balaban J connectivity index is 1.29. The number of nitrogens with zero attached hydrogens (tertiary/aromatic N) is 2. The van der Waals surface area contributed by atoms with Crippen LogP contribution in [0.5, 0.6) is 0 Å². The number of aromatic nitrogens is 1. The van der Waals surface area contributed by atoms with E-state index >= 15 is 0 Å². The number of benzene rings is 9. The Morgan fingerprint density at radius 3 is 1.50 bits per heavy atom. The van der Waals surface area contributed by atoms with Gasteiger partial charge in [0, 0.05) is 33.2 Å². The molecule has 10 aromatic rings. The first kappa shape index (κ1) is 35.0. The molecule has 0 saturated carbocycles. The maximum atomic E-state index is 2.52. The van der Waals surface area contributed by atoms with E-state index in [1.54, 1.807) is 0 Å². The van der Waals surface area contributed by atoms with Crippen molar-refractivity contribution in [2.45, 2.75) is 13.8 Å². The van der Waals surface area contributed by atoms with Crippen LogP contribution in [0.25, 0.3) is 72.0 Å². The fourth-order valence-corrected chi connectivity index (χ4v) is 8.68. The molecule has 1 heterocycles. The second kappa shape index (κ2) is 14.9. The number of hydrogen-bond donors (Lipinski definition) is 0. The molecule has 276 valence electrons. The fourth-order valence-electron chi connectivity index (χ4n) is 8.68. The SMILES string of the molecule is Cc1cccc(-c2cccc(-c3cccc(C)c3)c2-n2c3ccccc3c3c(N(c4ccc(-c5ccccc5)cc4)c4ccccc4-c4ccccc4)cccc32)c1. The van der Waals surface area contributed by atoms with Gasteiger partial charge in [0.05, 0.1) is 28.1 Å². The minimum Gasteiger partial charge on any atom is -0.309 e. The van der Waals surface area contributed by atoms with Crippen molar-refractivity contribution < 1.29 is 0 Å². The summed E-state index contributed by atoms with van der Waals surface area (Å²) < 4.78 is 2.52. The minimum atomic E-state index is 1.09. The van der Waals surface area contributed by atoms with Crippen LogP contribution in [0.1, 0.15) is 11.1 Å². The topological polar surface area (TPSA) is 8.17 Å². The Morgan fingerprint density at radius 1 is 0.345 bits per heavy atom. The van der Waals surface area contributed by atoms with Crippen LogP contribution >= 0.6 is 0 Å². The van der Waals surface area contributed by atoms with Gasteiger partial charge in [-0.3, -0.25) is 0 Å². The van der Waals surface area contributed by atoms with Gasteiger partial charge in [0.15, 0.2) is 0 Å². The molecule has 0 saturated heterocycles. The van der Waals surface area contributed by atoms with E-state index in [1.807, 2.05) is 0 Å². The summed E-state index contributed by atoms with van der Waals surface area (Å²) in [7, 11) is 0. The van der Waals surface area contributed by atoms with E-state index in [2.05, 4.69) is 242 Å². The van der Waals surface area contributed by atoms with Crippen LogP contribution in [0.3, 0.4) is 0 Å². The lowest BCUT2D eigenvalue weighted by Gasteiger charge is -2.29. The number of rotatable bonds is 8. The monoisotopic (exact) mass is 742 g/mol. The Bertz CT molecular complexity index is 3000. The average molecular weight is 743 g/mol. The van der Waals surface area contributed by atoms with Gasteiger partial charge in [-0.05, 0) is 78.1 Å². The predicted octanol–water partition coefficient (Wildman–Crippen LogP) is 15.5. The van der Waals surface area contributed by atoms with Crippen molar-refractivity contribution in [3.63, 3.8) is 0 Å². The molecule has 0 fully saturated rings.